The number of nitrogens with one attached hydrogen (secondary N) is 1. The number of ketones is 1. The van der Waals surface area contributed by atoms with Crippen LogP contribution in [0.2, 0.25) is 0 Å². The van der Waals surface area contributed by atoms with E-state index in [4.69, 9.17) is 4.74 Å². The van der Waals surface area contributed by atoms with Gasteiger partial charge in [0.15, 0.2) is 5.78 Å². The second kappa shape index (κ2) is 6.27. The van der Waals surface area contributed by atoms with Gasteiger partial charge in [0.1, 0.15) is 0 Å². The van der Waals surface area contributed by atoms with Gasteiger partial charge >= 0.3 is 5.97 Å². The number of dihydropyridines is 1. The minimum absolute atomic E-state index is 0.0700. The number of carbonyl (C=O) groups excluding carboxylic acids is 2. The third-order valence-corrected chi connectivity index (χ3v) is 4.57. The van der Waals surface area contributed by atoms with Crippen LogP contribution in [0.3, 0.4) is 0 Å². The molecule has 1 heterocycles. The van der Waals surface area contributed by atoms with Crippen molar-refractivity contribution < 1.29 is 14.3 Å². The first-order valence-corrected chi connectivity index (χ1v) is 8.38. The molecule has 1 aromatic rings. The molecule has 4 heteroatoms. The lowest BCUT2D eigenvalue weighted by atomic mass is 9.69. The van der Waals surface area contributed by atoms with Gasteiger partial charge < -0.3 is 10.1 Å². The third-order valence-electron chi connectivity index (χ3n) is 4.57. The Balaban J connectivity index is 2.09. The zero-order valence-electron chi connectivity index (χ0n) is 14.4. The molecule has 1 N–H and O–H groups in total. The Labute approximate surface area is 142 Å². The predicted molar refractivity (Wildman–Crippen MR) is 92.1 cm³/mol. The van der Waals surface area contributed by atoms with E-state index in [1.807, 2.05) is 30.3 Å². The molecule has 4 nitrogen and oxygen atoms in total. The summed E-state index contributed by atoms with van der Waals surface area (Å²) in [5.74, 6) is -0.620. The van der Waals surface area contributed by atoms with Crippen molar-refractivity contribution in [2.45, 2.75) is 39.5 Å². The van der Waals surface area contributed by atoms with Crippen molar-refractivity contribution in [1.82, 2.24) is 5.32 Å². The Morgan fingerprint density at radius 1 is 1.25 bits per heavy atom. The molecule has 0 saturated carbocycles. The first kappa shape index (κ1) is 16.5. The highest BCUT2D eigenvalue weighted by molar-refractivity contribution is 6.03. The summed E-state index contributed by atoms with van der Waals surface area (Å²) in [7, 11) is 0. The van der Waals surface area contributed by atoms with E-state index in [0.717, 1.165) is 17.7 Å². The summed E-state index contributed by atoms with van der Waals surface area (Å²) in [5.41, 5.74) is 3.01. The molecule has 24 heavy (non-hydrogen) atoms. The second-order valence-corrected chi connectivity index (χ2v) is 7.14. The lowest BCUT2D eigenvalue weighted by Gasteiger charge is -2.37. The molecule has 0 saturated heterocycles. The van der Waals surface area contributed by atoms with Crippen LogP contribution in [0, 0.1) is 5.41 Å². The summed E-state index contributed by atoms with van der Waals surface area (Å²) < 4.78 is 5.21. The maximum absolute atomic E-state index is 12.9. The maximum atomic E-state index is 12.9. The number of ether oxygens (including phenoxy) is 1. The molecule has 0 spiro atoms. The number of hydrogen-bond donors (Lipinski definition) is 1. The van der Waals surface area contributed by atoms with Crippen LogP contribution in [-0.4, -0.2) is 18.4 Å². The molecule has 0 bridgehead atoms. The molecule has 0 aromatic heterocycles. The van der Waals surface area contributed by atoms with Gasteiger partial charge in [-0.05, 0) is 24.3 Å². The molecule has 1 atom stereocenters. The summed E-state index contributed by atoms with van der Waals surface area (Å²) >= 11 is 0. The molecule has 0 fully saturated rings. The number of rotatable bonds is 3. The average Bonchev–Trinajstić information content (AvgIpc) is 2.53. The van der Waals surface area contributed by atoms with E-state index in [1.54, 1.807) is 13.1 Å². The van der Waals surface area contributed by atoms with E-state index in [0.29, 0.717) is 24.2 Å². The van der Waals surface area contributed by atoms with Gasteiger partial charge in [0.2, 0.25) is 0 Å². The van der Waals surface area contributed by atoms with Crippen molar-refractivity contribution in [2.24, 2.45) is 5.41 Å². The molecule has 0 amide bonds. The van der Waals surface area contributed by atoms with Crippen molar-refractivity contribution in [3.8, 4) is 0 Å². The van der Waals surface area contributed by atoms with Gasteiger partial charge in [0.05, 0.1) is 12.2 Å². The smallest absolute Gasteiger partial charge is 0.336 e. The molecule has 1 aliphatic heterocycles. The van der Waals surface area contributed by atoms with Gasteiger partial charge in [-0.15, -0.1) is 0 Å². The van der Waals surface area contributed by atoms with E-state index >= 15 is 0 Å². The predicted octanol–water partition coefficient (Wildman–Crippen LogP) is 3.46. The summed E-state index contributed by atoms with van der Waals surface area (Å²) in [6.07, 6.45) is 3.00. The molecule has 126 valence electrons. The van der Waals surface area contributed by atoms with Crippen molar-refractivity contribution in [3.05, 3.63) is 58.9 Å². The maximum Gasteiger partial charge on any atom is 0.336 e. The van der Waals surface area contributed by atoms with Crippen LogP contribution < -0.4 is 5.32 Å². The minimum Gasteiger partial charge on any atom is -0.463 e. The van der Waals surface area contributed by atoms with E-state index < -0.39 is 0 Å². The van der Waals surface area contributed by atoms with Crippen molar-refractivity contribution in [2.75, 3.05) is 6.61 Å². The number of hydrogen-bond acceptors (Lipinski definition) is 4. The Kier molecular flexibility index (Phi) is 4.31. The third kappa shape index (κ3) is 3.01. The van der Waals surface area contributed by atoms with E-state index in [-0.39, 0.29) is 23.1 Å². The lowest BCUT2D eigenvalue weighted by molar-refractivity contribution is -0.138. The van der Waals surface area contributed by atoms with E-state index in [9.17, 15) is 9.59 Å². The van der Waals surface area contributed by atoms with Crippen molar-refractivity contribution >= 4 is 11.8 Å². The number of esters is 1. The fourth-order valence-corrected chi connectivity index (χ4v) is 3.59. The molecular formula is C20H23NO3. The number of benzene rings is 1. The normalized spacial score (nSPS) is 22.4. The fourth-order valence-electron chi connectivity index (χ4n) is 3.59. The van der Waals surface area contributed by atoms with Crippen LogP contribution in [0.25, 0.3) is 0 Å². The quantitative estimate of drug-likeness (QED) is 0.865. The second-order valence-electron chi connectivity index (χ2n) is 7.14. The lowest BCUT2D eigenvalue weighted by Crippen LogP contribution is -2.36. The van der Waals surface area contributed by atoms with Crippen LogP contribution in [0.4, 0.5) is 0 Å². The molecular weight excluding hydrogens is 302 g/mol. The SMILES string of the molecule is CCOC(=O)C1=CNC2=C(C(=O)CC(C)(C)C2)C1c1ccccc1. The van der Waals surface area contributed by atoms with Crippen molar-refractivity contribution in [1.29, 1.82) is 0 Å². The highest BCUT2D eigenvalue weighted by atomic mass is 16.5. The van der Waals surface area contributed by atoms with Gasteiger partial charge in [-0.1, -0.05) is 44.2 Å². The van der Waals surface area contributed by atoms with Crippen LogP contribution >= 0.6 is 0 Å². The zero-order chi connectivity index (χ0) is 17.3. The van der Waals surface area contributed by atoms with Gasteiger partial charge in [-0.3, -0.25) is 4.79 Å². The largest absolute Gasteiger partial charge is 0.463 e. The summed E-state index contributed by atoms with van der Waals surface area (Å²) in [6.45, 7) is 6.28. The summed E-state index contributed by atoms with van der Waals surface area (Å²) in [5, 5.41) is 3.19. The zero-order valence-corrected chi connectivity index (χ0v) is 14.4. The Morgan fingerprint density at radius 3 is 2.62 bits per heavy atom. The van der Waals surface area contributed by atoms with Crippen LogP contribution in [0.1, 0.15) is 45.1 Å². The number of Topliss-reactive ketones (excluding diaryl/α,β-unsaturated/α-hetero) is 1. The first-order chi connectivity index (χ1) is 11.4. The molecule has 1 unspecified atom stereocenters. The van der Waals surface area contributed by atoms with Gasteiger partial charge in [-0.2, -0.15) is 0 Å². The molecule has 1 aromatic carbocycles. The standard InChI is InChI=1S/C20H23NO3/c1-4-24-19(23)14-12-21-15-10-20(2,3)11-16(22)18(15)17(14)13-8-6-5-7-9-13/h5-9,12,17,21H,4,10-11H2,1-3H3. The average molecular weight is 325 g/mol. The number of carbonyl (C=O) groups is 2. The molecule has 3 rings (SSSR count). The monoisotopic (exact) mass is 325 g/mol. The minimum atomic E-state index is -0.372. The van der Waals surface area contributed by atoms with E-state index in [2.05, 4.69) is 19.2 Å². The topological polar surface area (TPSA) is 55.4 Å². The Bertz CT molecular complexity index is 729. The molecule has 1 aliphatic carbocycles. The number of allylic oxidation sites excluding steroid dienone is 2. The van der Waals surface area contributed by atoms with Crippen LogP contribution in [0.5, 0.6) is 0 Å². The van der Waals surface area contributed by atoms with E-state index in [1.165, 1.54) is 0 Å². The summed E-state index contributed by atoms with van der Waals surface area (Å²) in [4.78, 5) is 25.3. The Morgan fingerprint density at radius 2 is 1.96 bits per heavy atom. The molecule has 2 aliphatic rings. The van der Waals surface area contributed by atoms with Gasteiger partial charge in [0.25, 0.3) is 0 Å². The van der Waals surface area contributed by atoms with Crippen LogP contribution in [-0.2, 0) is 14.3 Å². The first-order valence-electron chi connectivity index (χ1n) is 8.38. The van der Waals surface area contributed by atoms with Crippen LogP contribution in [0.15, 0.2) is 53.4 Å². The van der Waals surface area contributed by atoms with Gasteiger partial charge in [-0.25, -0.2) is 4.79 Å². The van der Waals surface area contributed by atoms with Crippen molar-refractivity contribution in [3.63, 3.8) is 0 Å². The highest BCUT2D eigenvalue weighted by Gasteiger charge is 2.41. The molecule has 0 radical (unpaired) electrons. The highest BCUT2D eigenvalue weighted by Crippen LogP contribution is 2.45. The van der Waals surface area contributed by atoms with Gasteiger partial charge in [0, 0.05) is 29.8 Å². The summed E-state index contributed by atoms with van der Waals surface area (Å²) in [6, 6.07) is 9.70. The fraction of sp³-hybridized carbons (Fsp3) is 0.400. The Hall–Kier alpha value is -2.36.